The number of rotatable bonds is 10. The molecule has 238 valence electrons. The van der Waals surface area contributed by atoms with E-state index in [0.717, 1.165) is 11.1 Å². The van der Waals surface area contributed by atoms with Gasteiger partial charge >= 0.3 is 0 Å². The lowest BCUT2D eigenvalue weighted by Gasteiger charge is -2.36. The molecule has 2 aliphatic heterocycles. The van der Waals surface area contributed by atoms with Gasteiger partial charge in [0.25, 0.3) is 0 Å². The molecule has 3 aromatic carbocycles. The molecule has 0 spiro atoms. The van der Waals surface area contributed by atoms with Gasteiger partial charge in [-0.25, -0.2) is 16.8 Å². The molecule has 2 aliphatic rings. The Morgan fingerprint density at radius 3 is 1.61 bits per heavy atom. The van der Waals surface area contributed by atoms with Crippen molar-refractivity contribution in [3.8, 4) is 28.7 Å². The third kappa shape index (κ3) is 5.86. The van der Waals surface area contributed by atoms with E-state index in [1.54, 1.807) is 38.5 Å². The first-order chi connectivity index (χ1) is 21.1. The molecule has 3 aromatic rings. The number of piperazine rings is 1. The van der Waals surface area contributed by atoms with Crippen LogP contribution < -0.4 is 28.6 Å². The van der Waals surface area contributed by atoms with Gasteiger partial charge in [0.1, 0.15) is 5.75 Å². The van der Waals surface area contributed by atoms with E-state index in [1.165, 1.54) is 42.1 Å². The summed E-state index contributed by atoms with van der Waals surface area (Å²) in [5.74, 6) is 2.42. The van der Waals surface area contributed by atoms with Crippen LogP contribution in [0.25, 0.3) is 0 Å². The number of methoxy groups -OCH3 is 5. The number of anilines is 1. The minimum atomic E-state index is -3.86. The molecule has 0 aromatic heterocycles. The Morgan fingerprint density at radius 2 is 1.02 bits per heavy atom. The minimum Gasteiger partial charge on any atom is -0.495 e. The first-order valence-electron chi connectivity index (χ1n) is 14.0. The van der Waals surface area contributed by atoms with E-state index >= 15 is 0 Å². The van der Waals surface area contributed by atoms with Crippen molar-refractivity contribution < 1.29 is 40.5 Å². The van der Waals surface area contributed by atoms with Crippen LogP contribution >= 0.6 is 0 Å². The Hall–Kier alpha value is -3.72. The highest BCUT2D eigenvalue weighted by Crippen LogP contribution is 2.37. The Labute approximate surface area is 258 Å². The van der Waals surface area contributed by atoms with Gasteiger partial charge in [0.05, 0.1) is 51.0 Å². The van der Waals surface area contributed by atoms with E-state index in [9.17, 15) is 16.8 Å². The van der Waals surface area contributed by atoms with Crippen molar-refractivity contribution in [3.05, 3.63) is 59.7 Å². The molecule has 1 fully saturated rings. The van der Waals surface area contributed by atoms with Crippen LogP contribution in [0.5, 0.6) is 28.7 Å². The SMILES string of the molecule is COc1ccc(S(=O)(=O)N2CCN(c3cc(S(=O)(=O)N4CCc5cc(OC)c(OC)cc5C4)ccc3OC)CC2)cc1OC. The molecule has 14 heteroatoms. The van der Waals surface area contributed by atoms with Crippen LogP contribution in [0.15, 0.2) is 58.3 Å². The van der Waals surface area contributed by atoms with Crippen molar-refractivity contribution in [3.63, 3.8) is 0 Å². The summed E-state index contributed by atoms with van der Waals surface area (Å²) in [6, 6.07) is 13.0. The lowest BCUT2D eigenvalue weighted by Crippen LogP contribution is -2.48. The van der Waals surface area contributed by atoms with Crippen molar-refractivity contribution in [1.82, 2.24) is 8.61 Å². The van der Waals surface area contributed by atoms with E-state index in [0.29, 0.717) is 60.5 Å². The Kier molecular flexibility index (Phi) is 9.16. The van der Waals surface area contributed by atoms with Gasteiger partial charge in [0, 0.05) is 45.3 Å². The van der Waals surface area contributed by atoms with E-state index in [-0.39, 0.29) is 29.4 Å². The van der Waals surface area contributed by atoms with Crippen LogP contribution in [0.2, 0.25) is 0 Å². The second-order valence-corrected chi connectivity index (χ2v) is 14.2. The molecule has 0 unspecified atom stereocenters. The first-order valence-corrected chi connectivity index (χ1v) is 16.8. The Morgan fingerprint density at radius 1 is 0.523 bits per heavy atom. The molecule has 12 nitrogen and oxygen atoms in total. The quantitative estimate of drug-likeness (QED) is 0.325. The molecule has 0 amide bonds. The molecular weight excluding hydrogens is 610 g/mol. The van der Waals surface area contributed by atoms with E-state index in [1.807, 2.05) is 17.0 Å². The van der Waals surface area contributed by atoms with Gasteiger partial charge in [-0.2, -0.15) is 8.61 Å². The normalized spacial score (nSPS) is 16.2. The van der Waals surface area contributed by atoms with Crippen LogP contribution in [-0.2, 0) is 33.0 Å². The molecule has 1 saturated heterocycles. The van der Waals surface area contributed by atoms with E-state index in [2.05, 4.69) is 0 Å². The molecule has 0 aliphatic carbocycles. The number of fused-ring (bicyclic) bond motifs is 1. The van der Waals surface area contributed by atoms with Crippen LogP contribution in [0.3, 0.4) is 0 Å². The van der Waals surface area contributed by atoms with Gasteiger partial charge in [-0.05, 0) is 60.0 Å². The number of hydrogen-bond acceptors (Lipinski definition) is 10. The summed E-state index contributed by atoms with van der Waals surface area (Å²) in [6.45, 7) is 1.59. The zero-order valence-electron chi connectivity index (χ0n) is 25.4. The van der Waals surface area contributed by atoms with Crippen molar-refractivity contribution in [2.45, 2.75) is 22.8 Å². The van der Waals surface area contributed by atoms with Crippen LogP contribution in [0.4, 0.5) is 5.69 Å². The summed E-state index contributed by atoms with van der Waals surface area (Å²) in [5.41, 5.74) is 2.46. The smallest absolute Gasteiger partial charge is 0.243 e. The highest BCUT2D eigenvalue weighted by molar-refractivity contribution is 7.89. The van der Waals surface area contributed by atoms with Crippen molar-refractivity contribution in [2.75, 3.05) is 73.2 Å². The van der Waals surface area contributed by atoms with Gasteiger partial charge in [-0.1, -0.05) is 0 Å². The summed E-state index contributed by atoms with van der Waals surface area (Å²) in [5, 5.41) is 0. The monoisotopic (exact) mass is 647 g/mol. The highest BCUT2D eigenvalue weighted by atomic mass is 32.2. The third-order valence-corrected chi connectivity index (χ3v) is 11.8. The van der Waals surface area contributed by atoms with Gasteiger partial charge in [0.2, 0.25) is 20.0 Å². The number of ether oxygens (including phenoxy) is 5. The van der Waals surface area contributed by atoms with Crippen LogP contribution in [-0.4, -0.2) is 93.7 Å². The molecule has 44 heavy (non-hydrogen) atoms. The van der Waals surface area contributed by atoms with Gasteiger partial charge in [-0.15, -0.1) is 0 Å². The zero-order valence-corrected chi connectivity index (χ0v) is 27.0. The van der Waals surface area contributed by atoms with Gasteiger partial charge in [-0.3, -0.25) is 0 Å². The highest BCUT2D eigenvalue weighted by Gasteiger charge is 2.33. The number of nitrogens with zero attached hydrogens (tertiary/aromatic N) is 3. The van der Waals surface area contributed by atoms with E-state index < -0.39 is 20.0 Å². The second-order valence-electron chi connectivity index (χ2n) is 10.3. The maximum absolute atomic E-state index is 13.9. The Bertz CT molecular complexity index is 1740. The van der Waals surface area contributed by atoms with Crippen molar-refractivity contribution in [1.29, 1.82) is 0 Å². The predicted molar refractivity (Wildman–Crippen MR) is 164 cm³/mol. The van der Waals surface area contributed by atoms with Crippen LogP contribution in [0, 0.1) is 0 Å². The average Bonchev–Trinajstić information content (AvgIpc) is 3.06. The summed E-state index contributed by atoms with van der Waals surface area (Å²) >= 11 is 0. The summed E-state index contributed by atoms with van der Waals surface area (Å²) < 4.78 is 84.4. The van der Waals surface area contributed by atoms with Gasteiger partial charge in [0.15, 0.2) is 23.0 Å². The summed E-state index contributed by atoms with van der Waals surface area (Å²) in [6.07, 6.45) is 0.536. The third-order valence-electron chi connectivity index (χ3n) is 8.04. The lowest BCUT2D eigenvalue weighted by molar-refractivity contribution is 0.348. The minimum absolute atomic E-state index is 0.105. The van der Waals surface area contributed by atoms with Gasteiger partial charge < -0.3 is 28.6 Å². The molecular formula is C30H37N3O9S2. The molecule has 0 bridgehead atoms. The molecule has 0 radical (unpaired) electrons. The predicted octanol–water partition coefficient (Wildman–Crippen LogP) is 2.99. The maximum atomic E-state index is 13.9. The molecule has 0 atom stereocenters. The Balaban J connectivity index is 1.35. The standard InChI is InChI=1S/C30H37N3O9S2/c1-38-26-8-6-23(44(36,37)33-11-10-21-16-28(40-3)29(41-4)17-22(21)20-33)18-25(26)31-12-14-32(15-13-31)43(34,35)24-7-9-27(39-2)30(19-24)42-5/h6-9,16-19H,10-15,20H2,1-5H3. The lowest BCUT2D eigenvalue weighted by atomic mass is 10.0. The molecule has 0 saturated carbocycles. The topological polar surface area (TPSA) is 124 Å². The first kappa shape index (κ1) is 31.7. The molecule has 2 heterocycles. The summed E-state index contributed by atoms with van der Waals surface area (Å²) in [4.78, 5) is 2.19. The molecule has 0 N–H and O–H groups in total. The summed E-state index contributed by atoms with van der Waals surface area (Å²) in [7, 11) is -0.0789. The number of sulfonamides is 2. The maximum Gasteiger partial charge on any atom is 0.243 e. The van der Waals surface area contributed by atoms with Crippen molar-refractivity contribution >= 4 is 25.7 Å². The van der Waals surface area contributed by atoms with Crippen molar-refractivity contribution in [2.24, 2.45) is 0 Å². The number of hydrogen-bond donors (Lipinski definition) is 0. The largest absolute Gasteiger partial charge is 0.495 e. The number of benzene rings is 3. The van der Waals surface area contributed by atoms with Crippen LogP contribution in [0.1, 0.15) is 11.1 Å². The average molecular weight is 648 g/mol. The zero-order chi connectivity index (χ0) is 31.6. The fourth-order valence-electron chi connectivity index (χ4n) is 5.58. The fraction of sp³-hybridized carbons (Fsp3) is 0.400. The second kappa shape index (κ2) is 12.7. The molecule has 5 rings (SSSR count). The fourth-order valence-corrected chi connectivity index (χ4v) is 8.46. The van der Waals surface area contributed by atoms with E-state index in [4.69, 9.17) is 23.7 Å².